The maximum absolute atomic E-state index is 4.55. The van der Waals surface area contributed by atoms with E-state index in [4.69, 9.17) is 0 Å². The van der Waals surface area contributed by atoms with Crippen LogP contribution in [0.1, 0.15) is 24.3 Å². The van der Waals surface area contributed by atoms with E-state index < -0.39 is 0 Å². The van der Waals surface area contributed by atoms with Crippen LogP contribution in [0.4, 0.5) is 5.82 Å². The molecule has 0 unspecified atom stereocenters. The molecule has 0 aliphatic rings. The van der Waals surface area contributed by atoms with Crippen LogP contribution < -0.4 is 4.90 Å². The molecule has 0 amide bonds. The van der Waals surface area contributed by atoms with Crippen LogP contribution in [-0.4, -0.2) is 11.0 Å². The second-order valence-electron chi connectivity index (χ2n) is 4.42. The lowest BCUT2D eigenvalue weighted by Crippen LogP contribution is -2.31. The summed E-state index contributed by atoms with van der Waals surface area (Å²) >= 11 is 5.34. The van der Waals surface area contributed by atoms with E-state index in [-0.39, 0.29) is 0 Å². The van der Waals surface area contributed by atoms with Crippen molar-refractivity contribution >= 4 is 33.1 Å². The Balaban J connectivity index is 2.29. The predicted molar refractivity (Wildman–Crippen MR) is 82.5 cm³/mol. The highest BCUT2D eigenvalue weighted by atomic mass is 79.9. The Morgan fingerprint density at radius 3 is 2.78 bits per heavy atom. The number of nitrogens with zero attached hydrogens (tertiary/aromatic N) is 2. The summed E-state index contributed by atoms with van der Waals surface area (Å²) in [5.41, 5.74) is 1.24. The number of aromatic nitrogens is 1. The molecule has 0 spiro atoms. The summed E-state index contributed by atoms with van der Waals surface area (Å²) in [5, 5.41) is 2.96. The monoisotopic (exact) mass is 324 g/mol. The molecule has 0 atom stereocenters. The highest BCUT2D eigenvalue weighted by Crippen LogP contribution is 2.25. The van der Waals surface area contributed by atoms with Gasteiger partial charge in [-0.2, -0.15) is 0 Å². The molecule has 0 saturated carbocycles. The number of rotatable bonds is 5. The number of halogens is 1. The van der Waals surface area contributed by atoms with Gasteiger partial charge in [-0.25, -0.2) is 4.98 Å². The number of anilines is 1. The lowest BCUT2D eigenvalue weighted by Gasteiger charge is -2.29. The van der Waals surface area contributed by atoms with Gasteiger partial charge in [0.2, 0.25) is 0 Å². The standard InChI is InChI=1S/C14H17BrN2S/c1-11(2)17(10-13-6-4-8-18-13)14-12(9-15)5-3-7-16-14/h3-8,11H,9-10H2,1-2H3. The molecule has 0 saturated heterocycles. The minimum atomic E-state index is 0.430. The first-order valence-electron chi connectivity index (χ1n) is 6.01. The van der Waals surface area contributed by atoms with Gasteiger partial charge in [0.15, 0.2) is 0 Å². The van der Waals surface area contributed by atoms with E-state index in [1.165, 1.54) is 10.4 Å². The summed E-state index contributed by atoms with van der Waals surface area (Å²) < 4.78 is 0. The molecule has 2 nitrogen and oxygen atoms in total. The fourth-order valence-corrected chi connectivity index (χ4v) is 3.01. The quantitative estimate of drug-likeness (QED) is 0.755. The number of hydrogen-bond donors (Lipinski definition) is 0. The smallest absolute Gasteiger partial charge is 0.133 e. The van der Waals surface area contributed by atoms with Gasteiger partial charge in [0.05, 0.1) is 6.54 Å². The molecule has 2 rings (SSSR count). The van der Waals surface area contributed by atoms with Crippen LogP contribution in [0.2, 0.25) is 0 Å². The molecular weight excluding hydrogens is 308 g/mol. The van der Waals surface area contributed by atoms with Gasteiger partial charge >= 0.3 is 0 Å². The molecule has 0 fully saturated rings. The zero-order chi connectivity index (χ0) is 13.0. The van der Waals surface area contributed by atoms with Crippen LogP contribution in [0, 0.1) is 0 Å². The van der Waals surface area contributed by atoms with E-state index in [2.05, 4.69) is 63.2 Å². The van der Waals surface area contributed by atoms with E-state index in [1.54, 1.807) is 11.3 Å². The number of thiophene rings is 1. The van der Waals surface area contributed by atoms with Gasteiger partial charge in [-0.15, -0.1) is 11.3 Å². The Morgan fingerprint density at radius 2 is 2.17 bits per heavy atom. The first kappa shape index (κ1) is 13.6. The minimum Gasteiger partial charge on any atom is -0.349 e. The highest BCUT2D eigenvalue weighted by Gasteiger charge is 2.16. The highest BCUT2D eigenvalue weighted by molar-refractivity contribution is 9.08. The zero-order valence-corrected chi connectivity index (χ0v) is 13.0. The molecule has 2 aromatic rings. The predicted octanol–water partition coefficient (Wildman–Crippen LogP) is 4.45. The minimum absolute atomic E-state index is 0.430. The van der Waals surface area contributed by atoms with Crippen LogP contribution in [0.3, 0.4) is 0 Å². The van der Waals surface area contributed by atoms with Crippen molar-refractivity contribution in [1.82, 2.24) is 4.98 Å². The number of pyridine rings is 1. The summed E-state index contributed by atoms with van der Waals surface area (Å²) in [4.78, 5) is 8.27. The van der Waals surface area contributed by atoms with E-state index in [9.17, 15) is 0 Å². The van der Waals surface area contributed by atoms with Crippen molar-refractivity contribution in [1.29, 1.82) is 0 Å². The Morgan fingerprint density at radius 1 is 1.33 bits per heavy atom. The summed E-state index contributed by atoms with van der Waals surface area (Å²) in [6, 6.07) is 8.82. The van der Waals surface area contributed by atoms with Gasteiger partial charge in [-0.05, 0) is 31.4 Å². The molecule has 0 radical (unpaired) electrons. The first-order valence-corrected chi connectivity index (χ1v) is 8.01. The lowest BCUT2D eigenvalue weighted by atomic mass is 10.2. The fourth-order valence-electron chi connectivity index (χ4n) is 1.87. The molecule has 0 N–H and O–H groups in total. The molecule has 2 aromatic heterocycles. The molecule has 0 aliphatic heterocycles. The van der Waals surface area contributed by atoms with E-state index in [0.717, 1.165) is 17.7 Å². The normalized spacial score (nSPS) is 10.9. The van der Waals surface area contributed by atoms with Gasteiger partial charge < -0.3 is 4.90 Å². The summed E-state index contributed by atoms with van der Waals surface area (Å²) in [7, 11) is 0. The molecule has 0 bridgehead atoms. The van der Waals surface area contributed by atoms with Gasteiger partial charge in [-0.3, -0.25) is 0 Å². The summed E-state index contributed by atoms with van der Waals surface area (Å²) in [6.45, 7) is 5.34. The van der Waals surface area contributed by atoms with E-state index >= 15 is 0 Å². The van der Waals surface area contributed by atoms with Gasteiger partial charge in [0, 0.05) is 28.0 Å². The topological polar surface area (TPSA) is 16.1 Å². The van der Waals surface area contributed by atoms with Gasteiger partial charge in [-0.1, -0.05) is 28.1 Å². The molecule has 2 heterocycles. The molecule has 0 aromatic carbocycles. The van der Waals surface area contributed by atoms with Crippen LogP contribution in [0.15, 0.2) is 35.8 Å². The van der Waals surface area contributed by atoms with E-state index in [0.29, 0.717) is 6.04 Å². The van der Waals surface area contributed by atoms with Crippen LogP contribution in [-0.2, 0) is 11.9 Å². The molecule has 4 heteroatoms. The largest absolute Gasteiger partial charge is 0.349 e. The van der Waals surface area contributed by atoms with Crippen LogP contribution in [0.5, 0.6) is 0 Å². The third kappa shape index (κ3) is 3.12. The van der Waals surface area contributed by atoms with E-state index in [1.807, 2.05) is 12.3 Å². The van der Waals surface area contributed by atoms with Crippen molar-refractivity contribution in [2.45, 2.75) is 31.8 Å². The maximum atomic E-state index is 4.55. The SMILES string of the molecule is CC(C)N(Cc1cccs1)c1ncccc1CBr. The second kappa shape index (κ2) is 6.34. The average molecular weight is 325 g/mol. The molecule has 96 valence electrons. The third-order valence-electron chi connectivity index (χ3n) is 2.81. The molecule has 18 heavy (non-hydrogen) atoms. The fraction of sp³-hybridized carbons (Fsp3) is 0.357. The van der Waals surface area contributed by atoms with Crippen molar-refractivity contribution in [3.63, 3.8) is 0 Å². The Kier molecular flexibility index (Phi) is 4.78. The summed E-state index contributed by atoms with van der Waals surface area (Å²) in [6.07, 6.45) is 1.87. The summed E-state index contributed by atoms with van der Waals surface area (Å²) in [5.74, 6) is 1.08. The zero-order valence-electron chi connectivity index (χ0n) is 10.6. The average Bonchev–Trinajstić information content (AvgIpc) is 2.88. The number of hydrogen-bond acceptors (Lipinski definition) is 3. The van der Waals surface area contributed by atoms with Crippen molar-refractivity contribution in [3.8, 4) is 0 Å². The van der Waals surface area contributed by atoms with Crippen molar-refractivity contribution in [3.05, 3.63) is 46.3 Å². The first-order chi connectivity index (χ1) is 8.72. The Bertz CT molecular complexity index is 482. The van der Waals surface area contributed by atoms with Crippen molar-refractivity contribution in [2.75, 3.05) is 4.90 Å². The van der Waals surface area contributed by atoms with Crippen LogP contribution >= 0.6 is 27.3 Å². The maximum Gasteiger partial charge on any atom is 0.133 e. The molecular formula is C14H17BrN2S. The lowest BCUT2D eigenvalue weighted by molar-refractivity contribution is 0.674. The third-order valence-corrected chi connectivity index (χ3v) is 4.28. The van der Waals surface area contributed by atoms with Crippen molar-refractivity contribution < 1.29 is 0 Å². The molecule has 0 aliphatic carbocycles. The van der Waals surface area contributed by atoms with Gasteiger partial charge in [0.25, 0.3) is 0 Å². The number of alkyl halides is 1. The van der Waals surface area contributed by atoms with Crippen molar-refractivity contribution in [2.24, 2.45) is 0 Å². The Hall–Kier alpha value is -0.870. The second-order valence-corrected chi connectivity index (χ2v) is 6.01. The Labute approximate surface area is 121 Å². The van der Waals surface area contributed by atoms with Crippen LogP contribution in [0.25, 0.3) is 0 Å². The van der Waals surface area contributed by atoms with Gasteiger partial charge in [0.1, 0.15) is 5.82 Å².